The fraction of sp³-hybridized carbons (Fsp3) is 0.462. The van der Waals surface area contributed by atoms with E-state index in [2.05, 4.69) is 9.89 Å². The maximum Gasteiger partial charge on any atom is 0.0594 e. The summed E-state index contributed by atoms with van der Waals surface area (Å²) in [6.45, 7) is 5.59. The van der Waals surface area contributed by atoms with Crippen LogP contribution in [0.2, 0.25) is 5.02 Å². The molecule has 2 rings (SSSR count). The zero-order chi connectivity index (χ0) is 11.9. The van der Waals surface area contributed by atoms with Crippen LogP contribution in [0.3, 0.4) is 0 Å². The molecule has 0 aliphatic carbocycles. The van der Waals surface area contributed by atoms with Crippen molar-refractivity contribution >= 4 is 17.8 Å². The first-order chi connectivity index (χ1) is 8.34. The van der Waals surface area contributed by atoms with Gasteiger partial charge in [0, 0.05) is 30.9 Å². The lowest BCUT2D eigenvalue weighted by Gasteiger charge is -2.25. The summed E-state index contributed by atoms with van der Waals surface area (Å²) in [5.74, 6) is 0. The lowest BCUT2D eigenvalue weighted by Crippen LogP contribution is -2.37. The molecular formula is C13H17ClN2O. The molecule has 1 aromatic rings. The minimum atomic E-state index is 0.760. The molecule has 0 atom stereocenters. The zero-order valence-electron chi connectivity index (χ0n) is 9.81. The van der Waals surface area contributed by atoms with Crippen molar-refractivity contribution in [3.63, 3.8) is 0 Å². The van der Waals surface area contributed by atoms with Crippen LogP contribution in [0.1, 0.15) is 5.56 Å². The fourth-order valence-corrected chi connectivity index (χ4v) is 1.87. The van der Waals surface area contributed by atoms with Crippen LogP contribution in [0.25, 0.3) is 0 Å². The Morgan fingerprint density at radius 2 is 1.94 bits per heavy atom. The molecule has 0 aromatic heterocycles. The molecule has 1 aliphatic heterocycles. The average Bonchev–Trinajstić information content (AvgIpc) is 2.38. The summed E-state index contributed by atoms with van der Waals surface area (Å²) in [6.07, 6.45) is 1.90. The number of aliphatic imine (C=N–C) groups is 1. The minimum Gasteiger partial charge on any atom is -0.379 e. The standard InChI is InChI=1S/C13H17ClN2O/c14-13-3-1-12(2-4-13)11-15-5-6-16-7-9-17-10-8-16/h1-4,11H,5-10H2/b15-11+. The predicted molar refractivity (Wildman–Crippen MR) is 71.2 cm³/mol. The van der Waals surface area contributed by atoms with E-state index in [0.717, 1.165) is 50.0 Å². The van der Waals surface area contributed by atoms with Crippen molar-refractivity contribution in [2.45, 2.75) is 0 Å². The summed E-state index contributed by atoms with van der Waals surface area (Å²) in [7, 11) is 0. The molecule has 0 amide bonds. The van der Waals surface area contributed by atoms with Crippen LogP contribution in [-0.4, -0.2) is 50.5 Å². The van der Waals surface area contributed by atoms with Gasteiger partial charge in [-0.05, 0) is 17.7 Å². The van der Waals surface area contributed by atoms with Gasteiger partial charge in [0.2, 0.25) is 0 Å². The van der Waals surface area contributed by atoms with E-state index < -0.39 is 0 Å². The molecule has 0 spiro atoms. The Bertz CT molecular complexity index is 358. The highest BCUT2D eigenvalue weighted by Gasteiger charge is 2.08. The number of morpholine rings is 1. The second-order valence-corrected chi connectivity index (χ2v) is 4.48. The monoisotopic (exact) mass is 252 g/mol. The summed E-state index contributed by atoms with van der Waals surface area (Å²) in [6, 6.07) is 7.71. The predicted octanol–water partition coefficient (Wildman–Crippen LogP) is 2.09. The van der Waals surface area contributed by atoms with E-state index in [1.807, 2.05) is 30.5 Å². The number of halogens is 1. The van der Waals surface area contributed by atoms with Crippen molar-refractivity contribution in [2.75, 3.05) is 39.4 Å². The number of rotatable bonds is 4. The lowest BCUT2D eigenvalue weighted by atomic mass is 10.2. The van der Waals surface area contributed by atoms with Crippen molar-refractivity contribution < 1.29 is 4.74 Å². The van der Waals surface area contributed by atoms with Gasteiger partial charge in [-0.3, -0.25) is 9.89 Å². The average molecular weight is 253 g/mol. The highest BCUT2D eigenvalue weighted by Crippen LogP contribution is 2.07. The van der Waals surface area contributed by atoms with Gasteiger partial charge in [0.1, 0.15) is 0 Å². The Labute approximate surface area is 107 Å². The topological polar surface area (TPSA) is 24.8 Å². The SMILES string of the molecule is Clc1ccc(/C=N/CCN2CCOCC2)cc1. The number of benzene rings is 1. The zero-order valence-corrected chi connectivity index (χ0v) is 10.6. The minimum absolute atomic E-state index is 0.760. The highest BCUT2D eigenvalue weighted by molar-refractivity contribution is 6.30. The first-order valence-electron chi connectivity index (χ1n) is 5.90. The smallest absolute Gasteiger partial charge is 0.0594 e. The molecule has 0 radical (unpaired) electrons. The van der Waals surface area contributed by atoms with Gasteiger partial charge in [0.05, 0.1) is 19.8 Å². The van der Waals surface area contributed by atoms with Crippen molar-refractivity contribution in [1.29, 1.82) is 0 Å². The van der Waals surface area contributed by atoms with Gasteiger partial charge in [0.15, 0.2) is 0 Å². The summed E-state index contributed by atoms with van der Waals surface area (Å²) in [5, 5.41) is 0.760. The van der Waals surface area contributed by atoms with Gasteiger partial charge in [-0.15, -0.1) is 0 Å². The Hall–Kier alpha value is -0.900. The normalized spacial score (nSPS) is 17.7. The molecule has 4 heteroatoms. The summed E-state index contributed by atoms with van der Waals surface area (Å²) >= 11 is 5.81. The maximum atomic E-state index is 5.81. The molecule has 0 saturated carbocycles. The van der Waals surface area contributed by atoms with Crippen LogP contribution < -0.4 is 0 Å². The summed E-state index contributed by atoms with van der Waals surface area (Å²) in [5.41, 5.74) is 1.09. The van der Waals surface area contributed by atoms with E-state index in [9.17, 15) is 0 Å². The van der Waals surface area contributed by atoms with Gasteiger partial charge in [0.25, 0.3) is 0 Å². The third-order valence-corrected chi connectivity index (χ3v) is 3.01. The van der Waals surface area contributed by atoms with Crippen molar-refractivity contribution in [3.8, 4) is 0 Å². The molecule has 1 fully saturated rings. The molecular weight excluding hydrogens is 236 g/mol. The van der Waals surface area contributed by atoms with Gasteiger partial charge in [-0.25, -0.2) is 0 Å². The van der Waals surface area contributed by atoms with E-state index in [1.54, 1.807) is 0 Å². The van der Waals surface area contributed by atoms with E-state index in [1.165, 1.54) is 0 Å². The largest absolute Gasteiger partial charge is 0.379 e. The van der Waals surface area contributed by atoms with Gasteiger partial charge < -0.3 is 4.74 Å². The van der Waals surface area contributed by atoms with Crippen molar-refractivity contribution in [2.24, 2.45) is 4.99 Å². The third kappa shape index (κ3) is 4.46. The second kappa shape index (κ2) is 6.74. The van der Waals surface area contributed by atoms with Crippen LogP contribution in [0.5, 0.6) is 0 Å². The molecule has 3 nitrogen and oxygen atoms in total. The number of nitrogens with zero attached hydrogens (tertiary/aromatic N) is 2. The van der Waals surface area contributed by atoms with Crippen LogP contribution in [0.4, 0.5) is 0 Å². The van der Waals surface area contributed by atoms with E-state index >= 15 is 0 Å². The van der Waals surface area contributed by atoms with Crippen LogP contribution in [0.15, 0.2) is 29.3 Å². The van der Waals surface area contributed by atoms with Crippen LogP contribution in [0, 0.1) is 0 Å². The molecule has 1 aromatic carbocycles. The lowest BCUT2D eigenvalue weighted by molar-refractivity contribution is 0.0395. The Morgan fingerprint density at radius 1 is 1.24 bits per heavy atom. The summed E-state index contributed by atoms with van der Waals surface area (Å²) in [4.78, 5) is 6.79. The van der Waals surface area contributed by atoms with E-state index in [0.29, 0.717) is 0 Å². The number of hydrogen-bond acceptors (Lipinski definition) is 3. The molecule has 0 unspecified atom stereocenters. The molecule has 1 saturated heterocycles. The molecule has 1 heterocycles. The number of ether oxygens (including phenoxy) is 1. The quantitative estimate of drug-likeness (QED) is 0.767. The maximum absolute atomic E-state index is 5.81. The Kier molecular flexibility index (Phi) is 4.98. The van der Waals surface area contributed by atoms with Gasteiger partial charge in [-0.2, -0.15) is 0 Å². The summed E-state index contributed by atoms with van der Waals surface area (Å²) < 4.78 is 5.29. The highest BCUT2D eigenvalue weighted by atomic mass is 35.5. The fourth-order valence-electron chi connectivity index (χ4n) is 1.74. The van der Waals surface area contributed by atoms with Gasteiger partial charge >= 0.3 is 0 Å². The Balaban J connectivity index is 1.72. The molecule has 17 heavy (non-hydrogen) atoms. The van der Waals surface area contributed by atoms with E-state index in [-0.39, 0.29) is 0 Å². The van der Waals surface area contributed by atoms with Gasteiger partial charge in [-0.1, -0.05) is 23.7 Å². The van der Waals surface area contributed by atoms with E-state index in [4.69, 9.17) is 16.3 Å². The first kappa shape index (κ1) is 12.6. The third-order valence-electron chi connectivity index (χ3n) is 2.76. The van der Waals surface area contributed by atoms with Crippen LogP contribution in [-0.2, 0) is 4.74 Å². The molecule has 0 bridgehead atoms. The molecule has 1 aliphatic rings. The molecule has 92 valence electrons. The van der Waals surface area contributed by atoms with Crippen molar-refractivity contribution in [3.05, 3.63) is 34.9 Å². The van der Waals surface area contributed by atoms with Crippen LogP contribution >= 0.6 is 11.6 Å². The Morgan fingerprint density at radius 3 is 2.65 bits per heavy atom. The molecule has 0 N–H and O–H groups in total. The number of hydrogen-bond donors (Lipinski definition) is 0. The first-order valence-corrected chi connectivity index (χ1v) is 6.28. The van der Waals surface area contributed by atoms with Crippen molar-refractivity contribution in [1.82, 2.24) is 4.90 Å². The second-order valence-electron chi connectivity index (χ2n) is 4.04.